The van der Waals surface area contributed by atoms with E-state index >= 15 is 0 Å². The second-order valence-corrected chi connectivity index (χ2v) is 3.56. The van der Waals surface area contributed by atoms with Crippen LogP contribution in [0.5, 0.6) is 0 Å². The first kappa shape index (κ1) is 7.11. The van der Waals surface area contributed by atoms with Crippen molar-refractivity contribution in [1.29, 1.82) is 0 Å². The monoisotopic (exact) mass is 149 g/mol. The number of rotatable bonds is 2. The molecule has 0 heterocycles. The van der Waals surface area contributed by atoms with Crippen molar-refractivity contribution in [1.82, 2.24) is 5.32 Å². The minimum absolute atomic E-state index is 0.473. The lowest BCUT2D eigenvalue weighted by atomic mass is 9.91. The van der Waals surface area contributed by atoms with Crippen molar-refractivity contribution in [2.24, 2.45) is 5.92 Å². The number of hydrogen-bond donors (Lipinski definition) is 1. The lowest BCUT2D eigenvalue weighted by molar-refractivity contribution is 0.417. The van der Waals surface area contributed by atoms with E-state index in [4.69, 9.17) is 0 Å². The summed E-state index contributed by atoms with van der Waals surface area (Å²) < 4.78 is 0. The molecule has 2 aliphatic rings. The summed E-state index contributed by atoms with van der Waals surface area (Å²) in [6.45, 7) is 0. The third-order valence-corrected chi connectivity index (χ3v) is 2.98. The van der Waals surface area contributed by atoms with E-state index in [0.29, 0.717) is 5.54 Å². The van der Waals surface area contributed by atoms with Crippen LogP contribution in [0.15, 0.2) is 24.3 Å². The van der Waals surface area contributed by atoms with Gasteiger partial charge >= 0.3 is 0 Å². The maximum atomic E-state index is 3.44. The van der Waals surface area contributed by atoms with E-state index in [2.05, 4.69) is 36.7 Å². The standard InChI is InChI=1S/C10H15N/c1-11-10(7-8-10)9-5-3-2-4-6-9/h2-5,9,11H,6-8H2,1H3. The highest BCUT2D eigenvalue weighted by atomic mass is 15.0. The lowest BCUT2D eigenvalue weighted by Gasteiger charge is -2.23. The van der Waals surface area contributed by atoms with Gasteiger partial charge in [-0.15, -0.1) is 0 Å². The fourth-order valence-electron chi connectivity index (χ4n) is 1.93. The van der Waals surface area contributed by atoms with Gasteiger partial charge in [0, 0.05) is 5.54 Å². The number of allylic oxidation sites excluding steroid dienone is 3. The molecule has 1 N–H and O–H groups in total. The molecule has 1 fully saturated rings. The first-order valence-electron chi connectivity index (χ1n) is 4.40. The molecule has 0 aromatic rings. The van der Waals surface area contributed by atoms with Crippen LogP contribution in [0.4, 0.5) is 0 Å². The second kappa shape index (κ2) is 2.49. The molecule has 1 heteroatoms. The van der Waals surface area contributed by atoms with Crippen LogP contribution < -0.4 is 5.32 Å². The van der Waals surface area contributed by atoms with Gasteiger partial charge in [0.1, 0.15) is 0 Å². The lowest BCUT2D eigenvalue weighted by Crippen LogP contribution is -2.35. The fourth-order valence-corrected chi connectivity index (χ4v) is 1.93. The predicted molar refractivity (Wildman–Crippen MR) is 47.4 cm³/mol. The van der Waals surface area contributed by atoms with Gasteiger partial charge in [0.2, 0.25) is 0 Å². The summed E-state index contributed by atoms with van der Waals surface area (Å²) in [6.07, 6.45) is 12.8. The summed E-state index contributed by atoms with van der Waals surface area (Å²) in [6, 6.07) is 0. The molecule has 0 radical (unpaired) electrons. The van der Waals surface area contributed by atoms with Crippen LogP contribution in [0.25, 0.3) is 0 Å². The quantitative estimate of drug-likeness (QED) is 0.632. The largest absolute Gasteiger partial charge is 0.314 e. The van der Waals surface area contributed by atoms with Crippen molar-refractivity contribution in [3.63, 3.8) is 0 Å². The van der Waals surface area contributed by atoms with Gasteiger partial charge in [-0.25, -0.2) is 0 Å². The normalized spacial score (nSPS) is 32.3. The molecule has 11 heavy (non-hydrogen) atoms. The van der Waals surface area contributed by atoms with E-state index in [1.54, 1.807) is 0 Å². The first-order chi connectivity index (χ1) is 5.37. The molecule has 1 unspecified atom stereocenters. The van der Waals surface area contributed by atoms with Crippen LogP contribution in [-0.2, 0) is 0 Å². The Morgan fingerprint density at radius 2 is 2.18 bits per heavy atom. The van der Waals surface area contributed by atoms with Crippen molar-refractivity contribution in [3.05, 3.63) is 24.3 Å². The van der Waals surface area contributed by atoms with E-state index in [-0.39, 0.29) is 0 Å². The van der Waals surface area contributed by atoms with Crippen molar-refractivity contribution < 1.29 is 0 Å². The molecule has 1 nitrogen and oxygen atoms in total. The van der Waals surface area contributed by atoms with Crippen molar-refractivity contribution >= 4 is 0 Å². The van der Waals surface area contributed by atoms with E-state index in [9.17, 15) is 0 Å². The molecule has 2 aliphatic carbocycles. The fraction of sp³-hybridized carbons (Fsp3) is 0.600. The van der Waals surface area contributed by atoms with Gasteiger partial charge in [-0.3, -0.25) is 0 Å². The van der Waals surface area contributed by atoms with Crippen LogP contribution in [-0.4, -0.2) is 12.6 Å². The number of hydrogen-bond acceptors (Lipinski definition) is 1. The SMILES string of the molecule is CNC1(C2C=CC=CC2)CC1. The summed E-state index contributed by atoms with van der Waals surface area (Å²) in [4.78, 5) is 0. The average molecular weight is 149 g/mol. The van der Waals surface area contributed by atoms with Gasteiger partial charge in [0.25, 0.3) is 0 Å². The Morgan fingerprint density at radius 3 is 2.64 bits per heavy atom. The summed E-state index contributed by atoms with van der Waals surface area (Å²) in [7, 11) is 2.08. The summed E-state index contributed by atoms with van der Waals surface area (Å²) >= 11 is 0. The first-order valence-corrected chi connectivity index (χ1v) is 4.40. The molecule has 0 aromatic heterocycles. The van der Waals surface area contributed by atoms with Crippen LogP contribution >= 0.6 is 0 Å². The van der Waals surface area contributed by atoms with Gasteiger partial charge < -0.3 is 5.32 Å². The molecule has 0 amide bonds. The molecule has 2 rings (SSSR count). The zero-order valence-electron chi connectivity index (χ0n) is 7.01. The molecule has 1 atom stereocenters. The summed E-state index contributed by atoms with van der Waals surface area (Å²) in [5.74, 6) is 0.748. The van der Waals surface area contributed by atoms with Gasteiger partial charge in [-0.05, 0) is 32.2 Å². The van der Waals surface area contributed by atoms with Crippen LogP contribution in [0, 0.1) is 5.92 Å². The van der Waals surface area contributed by atoms with E-state index in [0.717, 1.165) is 5.92 Å². The molecule has 60 valence electrons. The minimum atomic E-state index is 0.473. The average Bonchev–Trinajstić information content (AvgIpc) is 2.86. The van der Waals surface area contributed by atoms with Crippen LogP contribution in [0.3, 0.4) is 0 Å². The third kappa shape index (κ3) is 1.14. The van der Waals surface area contributed by atoms with Crippen molar-refractivity contribution in [2.75, 3.05) is 7.05 Å². The van der Waals surface area contributed by atoms with Crippen LogP contribution in [0.1, 0.15) is 19.3 Å². The van der Waals surface area contributed by atoms with Crippen molar-refractivity contribution in [3.8, 4) is 0 Å². The maximum Gasteiger partial charge on any atom is 0.0245 e. The van der Waals surface area contributed by atoms with E-state index in [1.165, 1.54) is 19.3 Å². The smallest absolute Gasteiger partial charge is 0.0245 e. The molecule has 1 saturated carbocycles. The third-order valence-electron chi connectivity index (χ3n) is 2.98. The molecule has 0 spiro atoms. The van der Waals surface area contributed by atoms with Gasteiger partial charge in [0.05, 0.1) is 0 Å². The zero-order valence-corrected chi connectivity index (χ0v) is 7.01. The highest BCUT2D eigenvalue weighted by Gasteiger charge is 2.46. The molecular weight excluding hydrogens is 134 g/mol. The Morgan fingerprint density at radius 1 is 1.36 bits per heavy atom. The predicted octanol–water partition coefficient (Wildman–Crippen LogP) is 1.87. The van der Waals surface area contributed by atoms with E-state index < -0.39 is 0 Å². The molecule has 0 bridgehead atoms. The number of nitrogens with one attached hydrogen (secondary N) is 1. The summed E-state index contributed by atoms with van der Waals surface area (Å²) in [5.41, 5.74) is 0.473. The van der Waals surface area contributed by atoms with E-state index in [1.807, 2.05) is 0 Å². The van der Waals surface area contributed by atoms with Crippen LogP contribution in [0.2, 0.25) is 0 Å². The summed E-state index contributed by atoms with van der Waals surface area (Å²) in [5, 5.41) is 3.44. The Kier molecular flexibility index (Phi) is 1.61. The van der Waals surface area contributed by atoms with Crippen molar-refractivity contribution in [2.45, 2.75) is 24.8 Å². The second-order valence-electron chi connectivity index (χ2n) is 3.56. The molecule has 0 saturated heterocycles. The molecule has 0 aliphatic heterocycles. The highest BCUT2D eigenvalue weighted by molar-refractivity contribution is 5.20. The maximum absolute atomic E-state index is 3.44. The Bertz CT molecular complexity index is 199. The molecule has 0 aromatic carbocycles. The minimum Gasteiger partial charge on any atom is -0.314 e. The topological polar surface area (TPSA) is 12.0 Å². The highest BCUT2D eigenvalue weighted by Crippen LogP contribution is 2.44. The molecular formula is C10H15N. The Labute approximate surface area is 68.2 Å². The Hall–Kier alpha value is -0.560. The Balaban J connectivity index is 2.05. The van der Waals surface area contributed by atoms with Gasteiger partial charge in [0.15, 0.2) is 0 Å². The van der Waals surface area contributed by atoms with Gasteiger partial charge in [-0.1, -0.05) is 24.3 Å². The zero-order chi connectivity index (χ0) is 7.73. The van der Waals surface area contributed by atoms with Gasteiger partial charge in [-0.2, -0.15) is 0 Å².